The van der Waals surface area contributed by atoms with Crippen LogP contribution in [0.15, 0.2) is 78.9 Å². The number of para-hydroxylation sites is 2. The Morgan fingerprint density at radius 2 is 1.40 bits per heavy atom. The summed E-state index contributed by atoms with van der Waals surface area (Å²) in [5.41, 5.74) is 10.6. The van der Waals surface area contributed by atoms with Gasteiger partial charge in [0.25, 0.3) is 0 Å². The van der Waals surface area contributed by atoms with Gasteiger partial charge >= 0.3 is 0 Å². The summed E-state index contributed by atoms with van der Waals surface area (Å²) in [4.78, 5) is 9.50. The first kappa shape index (κ1) is 15.4. The molecule has 1 aromatic heterocycles. The number of fused-ring (bicyclic) bond motifs is 1. The Morgan fingerprint density at radius 3 is 2.16 bits per heavy atom. The fourth-order valence-electron chi connectivity index (χ4n) is 2.58. The number of rotatable bonds is 4. The second kappa shape index (κ2) is 6.79. The molecule has 2 N–H and O–H groups in total. The Kier molecular flexibility index (Phi) is 4.19. The Morgan fingerprint density at radius 1 is 0.680 bits per heavy atom. The van der Waals surface area contributed by atoms with Crippen molar-refractivity contribution in [3.8, 4) is 11.3 Å². The van der Waals surface area contributed by atoms with Crippen LogP contribution in [0.25, 0.3) is 22.3 Å². The molecule has 0 amide bonds. The minimum Gasteiger partial charge on any atom is -0.300 e. The number of nitrogens with zero attached hydrogens (tertiary/aromatic N) is 2. The normalized spacial score (nSPS) is 10.6. The lowest BCUT2D eigenvalue weighted by molar-refractivity contribution is 1.25. The first-order valence-electron chi connectivity index (χ1n) is 7.89. The van der Waals surface area contributed by atoms with Gasteiger partial charge in [0.2, 0.25) is 0 Å². The molecule has 1 heterocycles. The third-order valence-corrected chi connectivity index (χ3v) is 4.00. The quantitative estimate of drug-likeness (QED) is 0.486. The van der Waals surface area contributed by atoms with E-state index in [1.807, 2.05) is 78.9 Å². The van der Waals surface area contributed by atoms with Crippen molar-refractivity contribution in [3.63, 3.8) is 0 Å². The summed E-state index contributed by atoms with van der Waals surface area (Å²) >= 11 is 6.04. The van der Waals surface area contributed by atoms with E-state index in [0.717, 1.165) is 28.0 Å². The van der Waals surface area contributed by atoms with Gasteiger partial charge in [0.1, 0.15) is 5.69 Å². The third-order valence-electron chi connectivity index (χ3n) is 3.77. The monoisotopic (exact) mass is 346 g/mol. The van der Waals surface area contributed by atoms with Crippen molar-refractivity contribution < 1.29 is 0 Å². The van der Waals surface area contributed by atoms with Gasteiger partial charge in [-0.05, 0) is 30.3 Å². The molecule has 0 saturated heterocycles. The van der Waals surface area contributed by atoms with E-state index in [2.05, 4.69) is 10.9 Å². The summed E-state index contributed by atoms with van der Waals surface area (Å²) < 4.78 is 0. The van der Waals surface area contributed by atoms with E-state index in [0.29, 0.717) is 10.8 Å². The lowest BCUT2D eigenvalue weighted by Gasteiger charge is -2.14. The van der Waals surface area contributed by atoms with Gasteiger partial charge in [0.05, 0.1) is 16.7 Å². The van der Waals surface area contributed by atoms with E-state index >= 15 is 0 Å². The van der Waals surface area contributed by atoms with E-state index in [-0.39, 0.29) is 0 Å². The van der Waals surface area contributed by atoms with Gasteiger partial charge in [-0.15, -0.1) is 0 Å². The molecule has 0 fully saturated rings. The molecular weight excluding hydrogens is 332 g/mol. The number of hydrazine groups is 1. The maximum Gasteiger partial charge on any atom is 0.171 e. The molecule has 4 nitrogen and oxygen atoms in total. The van der Waals surface area contributed by atoms with Crippen molar-refractivity contribution in [1.82, 2.24) is 9.97 Å². The predicted molar refractivity (Wildman–Crippen MR) is 104 cm³/mol. The number of aromatic nitrogens is 2. The van der Waals surface area contributed by atoms with E-state index in [1.165, 1.54) is 0 Å². The zero-order valence-electron chi connectivity index (χ0n) is 13.3. The van der Waals surface area contributed by atoms with Crippen molar-refractivity contribution in [2.75, 3.05) is 10.9 Å². The molecule has 5 heteroatoms. The second-order valence-electron chi connectivity index (χ2n) is 5.54. The zero-order chi connectivity index (χ0) is 17.1. The van der Waals surface area contributed by atoms with Crippen LogP contribution in [0.4, 0.5) is 11.5 Å². The number of nitrogens with one attached hydrogen (secondary N) is 2. The topological polar surface area (TPSA) is 49.8 Å². The number of hydrogen-bond donors (Lipinski definition) is 2. The molecule has 4 aromatic rings. The Balaban J connectivity index is 1.75. The molecular formula is C20H15ClN4. The minimum absolute atomic E-state index is 0.657. The first-order chi connectivity index (χ1) is 12.3. The molecule has 122 valence electrons. The number of hydrogen-bond acceptors (Lipinski definition) is 4. The van der Waals surface area contributed by atoms with Gasteiger partial charge in [0, 0.05) is 10.6 Å². The van der Waals surface area contributed by atoms with Crippen LogP contribution in [0.1, 0.15) is 0 Å². The molecule has 3 aromatic carbocycles. The molecule has 0 aliphatic heterocycles. The lowest BCUT2D eigenvalue weighted by Crippen LogP contribution is -2.12. The van der Waals surface area contributed by atoms with Crippen LogP contribution < -0.4 is 10.9 Å². The van der Waals surface area contributed by atoms with E-state index in [1.54, 1.807) is 0 Å². The highest BCUT2D eigenvalue weighted by Gasteiger charge is 2.10. The van der Waals surface area contributed by atoms with Crippen LogP contribution >= 0.6 is 11.6 Å². The van der Waals surface area contributed by atoms with Crippen LogP contribution in [0, 0.1) is 0 Å². The highest BCUT2D eigenvalue weighted by Crippen LogP contribution is 2.27. The molecule has 4 rings (SSSR count). The van der Waals surface area contributed by atoms with Crippen LogP contribution in [0.2, 0.25) is 5.02 Å². The van der Waals surface area contributed by atoms with Crippen molar-refractivity contribution >= 4 is 34.1 Å². The van der Waals surface area contributed by atoms with Crippen LogP contribution in [0.5, 0.6) is 0 Å². The molecule has 0 spiro atoms. The highest BCUT2D eigenvalue weighted by molar-refractivity contribution is 6.30. The van der Waals surface area contributed by atoms with Gasteiger partial charge in [-0.2, -0.15) is 0 Å². The zero-order valence-corrected chi connectivity index (χ0v) is 14.0. The van der Waals surface area contributed by atoms with Crippen molar-refractivity contribution in [3.05, 3.63) is 83.9 Å². The predicted octanol–water partition coefficient (Wildman–Crippen LogP) is 5.39. The Bertz CT molecular complexity index is 1020. The molecule has 0 unspecified atom stereocenters. The average Bonchev–Trinajstić information content (AvgIpc) is 2.66. The van der Waals surface area contributed by atoms with Gasteiger partial charge < -0.3 is 0 Å². The molecule has 0 aliphatic rings. The Labute approximate surface area is 150 Å². The summed E-state index contributed by atoms with van der Waals surface area (Å²) in [6, 6.07) is 25.3. The Hall–Kier alpha value is -3.11. The SMILES string of the molecule is Clc1cccc(NNc2nc3ccccc3nc2-c2ccccc2)c1. The largest absolute Gasteiger partial charge is 0.300 e. The third kappa shape index (κ3) is 3.39. The average molecular weight is 347 g/mol. The fourth-order valence-corrected chi connectivity index (χ4v) is 2.77. The van der Waals surface area contributed by atoms with E-state index in [4.69, 9.17) is 21.6 Å². The van der Waals surface area contributed by atoms with E-state index < -0.39 is 0 Å². The van der Waals surface area contributed by atoms with Crippen LogP contribution in [0.3, 0.4) is 0 Å². The molecule has 0 bridgehead atoms. The van der Waals surface area contributed by atoms with Gasteiger partial charge in [-0.3, -0.25) is 10.9 Å². The highest BCUT2D eigenvalue weighted by atomic mass is 35.5. The summed E-state index contributed by atoms with van der Waals surface area (Å²) in [6.07, 6.45) is 0. The van der Waals surface area contributed by atoms with Gasteiger partial charge in [-0.25, -0.2) is 9.97 Å². The smallest absolute Gasteiger partial charge is 0.171 e. The molecule has 0 aliphatic carbocycles. The maximum absolute atomic E-state index is 6.04. The van der Waals surface area contributed by atoms with Crippen LogP contribution in [-0.2, 0) is 0 Å². The van der Waals surface area contributed by atoms with Crippen molar-refractivity contribution in [1.29, 1.82) is 0 Å². The van der Waals surface area contributed by atoms with Crippen LogP contribution in [-0.4, -0.2) is 9.97 Å². The van der Waals surface area contributed by atoms with Gasteiger partial charge in [0.15, 0.2) is 5.82 Å². The molecule has 25 heavy (non-hydrogen) atoms. The molecule has 0 atom stereocenters. The number of anilines is 2. The van der Waals surface area contributed by atoms with Gasteiger partial charge in [-0.1, -0.05) is 60.1 Å². The molecule has 0 radical (unpaired) electrons. The summed E-state index contributed by atoms with van der Waals surface area (Å²) in [7, 11) is 0. The lowest BCUT2D eigenvalue weighted by atomic mass is 10.1. The fraction of sp³-hybridized carbons (Fsp3) is 0. The minimum atomic E-state index is 0.657. The second-order valence-corrected chi connectivity index (χ2v) is 5.97. The van der Waals surface area contributed by atoms with E-state index in [9.17, 15) is 0 Å². The number of benzene rings is 3. The molecule has 0 saturated carbocycles. The first-order valence-corrected chi connectivity index (χ1v) is 8.27. The maximum atomic E-state index is 6.04. The summed E-state index contributed by atoms with van der Waals surface area (Å²) in [5, 5.41) is 0.666. The summed E-state index contributed by atoms with van der Waals surface area (Å²) in [6.45, 7) is 0. The summed E-state index contributed by atoms with van der Waals surface area (Å²) in [5.74, 6) is 0.657. The number of halogens is 1. The van der Waals surface area contributed by atoms with Crippen molar-refractivity contribution in [2.45, 2.75) is 0 Å². The standard InChI is InChI=1S/C20H15ClN4/c21-15-9-6-10-16(13-15)24-25-20-19(14-7-2-1-3-8-14)22-17-11-4-5-12-18(17)23-20/h1-13,24H,(H,23,25). The van der Waals surface area contributed by atoms with Crippen molar-refractivity contribution in [2.24, 2.45) is 0 Å².